The van der Waals surface area contributed by atoms with Gasteiger partial charge in [0, 0.05) is 19.8 Å². The first-order chi connectivity index (χ1) is 7.69. The minimum atomic E-state index is 0.414. The first-order valence-corrected chi connectivity index (χ1v) is 7.76. The summed E-state index contributed by atoms with van der Waals surface area (Å²) in [5.74, 6) is 0. The molecule has 1 aromatic heterocycles. The van der Waals surface area contributed by atoms with Crippen LogP contribution in [0.3, 0.4) is 0 Å². The van der Waals surface area contributed by atoms with E-state index in [2.05, 4.69) is 50.2 Å². The van der Waals surface area contributed by atoms with E-state index in [1.165, 1.54) is 13.1 Å². The molecular formula is C11H17Br2NOS. The Balaban J connectivity index is 2.64. The molecule has 2 nitrogen and oxygen atoms in total. The van der Waals surface area contributed by atoms with E-state index in [0.717, 1.165) is 26.0 Å². The number of methoxy groups -OCH3 is 1. The average molecular weight is 371 g/mol. The largest absolute Gasteiger partial charge is 0.385 e. The lowest BCUT2D eigenvalue weighted by atomic mass is 10.1. The van der Waals surface area contributed by atoms with E-state index >= 15 is 0 Å². The second-order valence-electron chi connectivity index (χ2n) is 3.52. The van der Waals surface area contributed by atoms with Crippen LogP contribution >= 0.6 is 43.2 Å². The lowest BCUT2D eigenvalue weighted by Gasteiger charge is -2.17. The SMILES string of the molecule is CCNC(CCCOC)c1cc(Br)sc1Br. The fourth-order valence-electron chi connectivity index (χ4n) is 1.64. The monoisotopic (exact) mass is 369 g/mol. The van der Waals surface area contributed by atoms with Crippen LogP contribution in [0.1, 0.15) is 31.4 Å². The molecule has 0 bridgehead atoms. The molecule has 5 heteroatoms. The number of thiophene rings is 1. The van der Waals surface area contributed by atoms with Gasteiger partial charge in [-0.1, -0.05) is 6.92 Å². The number of hydrogen-bond acceptors (Lipinski definition) is 3. The van der Waals surface area contributed by atoms with Crippen molar-refractivity contribution in [3.63, 3.8) is 0 Å². The molecule has 1 heterocycles. The second kappa shape index (κ2) is 7.82. The molecule has 1 N–H and O–H groups in total. The quantitative estimate of drug-likeness (QED) is 0.720. The van der Waals surface area contributed by atoms with Crippen molar-refractivity contribution < 1.29 is 4.74 Å². The summed E-state index contributed by atoms with van der Waals surface area (Å²) in [6, 6.07) is 2.60. The molecule has 0 aliphatic rings. The lowest BCUT2D eigenvalue weighted by molar-refractivity contribution is 0.189. The van der Waals surface area contributed by atoms with Crippen molar-refractivity contribution in [1.82, 2.24) is 5.32 Å². The number of halogens is 2. The zero-order valence-corrected chi connectivity index (χ0v) is 13.5. The van der Waals surface area contributed by atoms with Gasteiger partial charge in [-0.05, 0) is 62.9 Å². The maximum atomic E-state index is 5.10. The molecule has 0 spiro atoms. The Morgan fingerprint density at radius 3 is 2.75 bits per heavy atom. The molecule has 0 amide bonds. The van der Waals surface area contributed by atoms with Crippen LogP contribution in [0.4, 0.5) is 0 Å². The summed E-state index contributed by atoms with van der Waals surface area (Å²) in [5, 5.41) is 3.51. The van der Waals surface area contributed by atoms with Gasteiger partial charge in [-0.15, -0.1) is 11.3 Å². The van der Waals surface area contributed by atoms with Gasteiger partial charge in [0.15, 0.2) is 0 Å². The van der Waals surface area contributed by atoms with Gasteiger partial charge >= 0.3 is 0 Å². The molecule has 0 aliphatic carbocycles. The molecule has 0 fully saturated rings. The predicted octanol–water partition coefficient (Wildman–Crippen LogP) is 4.35. The molecule has 1 rings (SSSR count). The number of ether oxygens (including phenoxy) is 1. The molecule has 0 saturated carbocycles. The average Bonchev–Trinajstić information content (AvgIpc) is 2.57. The standard InChI is InChI=1S/C11H17Br2NOS/c1-3-14-9(5-4-6-15-2)8-7-10(12)16-11(8)13/h7,9,14H,3-6H2,1-2H3. The molecule has 0 radical (unpaired) electrons. The smallest absolute Gasteiger partial charge is 0.0758 e. The van der Waals surface area contributed by atoms with Gasteiger partial charge < -0.3 is 10.1 Å². The topological polar surface area (TPSA) is 21.3 Å². The molecule has 16 heavy (non-hydrogen) atoms. The molecule has 0 saturated heterocycles. The maximum absolute atomic E-state index is 5.10. The highest BCUT2D eigenvalue weighted by Crippen LogP contribution is 2.36. The number of hydrogen-bond donors (Lipinski definition) is 1. The molecule has 92 valence electrons. The zero-order chi connectivity index (χ0) is 12.0. The predicted molar refractivity (Wildman–Crippen MR) is 77.2 cm³/mol. The van der Waals surface area contributed by atoms with Gasteiger partial charge in [-0.25, -0.2) is 0 Å². The van der Waals surface area contributed by atoms with Gasteiger partial charge in [-0.2, -0.15) is 0 Å². The van der Waals surface area contributed by atoms with Crippen LogP contribution in [0, 0.1) is 0 Å². The van der Waals surface area contributed by atoms with Crippen molar-refractivity contribution in [3.05, 3.63) is 19.2 Å². The fourth-order valence-corrected chi connectivity index (χ4v) is 4.61. The maximum Gasteiger partial charge on any atom is 0.0758 e. The van der Waals surface area contributed by atoms with Crippen LogP contribution < -0.4 is 5.32 Å². The summed E-state index contributed by atoms with van der Waals surface area (Å²) >= 11 is 8.86. The second-order valence-corrected chi connectivity index (χ2v) is 7.27. The van der Waals surface area contributed by atoms with E-state index in [0.29, 0.717) is 6.04 Å². The Bertz CT molecular complexity index is 317. The van der Waals surface area contributed by atoms with Crippen LogP contribution in [-0.2, 0) is 4.74 Å². The Morgan fingerprint density at radius 1 is 1.50 bits per heavy atom. The zero-order valence-electron chi connectivity index (χ0n) is 9.56. The van der Waals surface area contributed by atoms with Crippen molar-refractivity contribution in [3.8, 4) is 0 Å². The van der Waals surface area contributed by atoms with Crippen LogP contribution in [0.25, 0.3) is 0 Å². The highest BCUT2D eigenvalue weighted by molar-refractivity contribution is 9.12. The van der Waals surface area contributed by atoms with E-state index in [4.69, 9.17) is 4.74 Å². The van der Waals surface area contributed by atoms with Gasteiger partial charge in [0.05, 0.1) is 7.57 Å². The lowest BCUT2D eigenvalue weighted by Crippen LogP contribution is -2.21. The minimum absolute atomic E-state index is 0.414. The Kier molecular flexibility index (Phi) is 7.16. The molecule has 1 unspecified atom stereocenters. The minimum Gasteiger partial charge on any atom is -0.385 e. The van der Waals surface area contributed by atoms with E-state index in [9.17, 15) is 0 Å². The van der Waals surface area contributed by atoms with Crippen LogP contribution in [0.5, 0.6) is 0 Å². The molecule has 1 atom stereocenters. The Hall–Kier alpha value is 0.580. The summed E-state index contributed by atoms with van der Waals surface area (Å²) < 4.78 is 7.48. The third-order valence-electron chi connectivity index (χ3n) is 2.35. The van der Waals surface area contributed by atoms with Crippen LogP contribution in [-0.4, -0.2) is 20.3 Å². The third-order valence-corrected chi connectivity index (χ3v) is 4.74. The fraction of sp³-hybridized carbons (Fsp3) is 0.636. The van der Waals surface area contributed by atoms with Gasteiger partial charge in [0.2, 0.25) is 0 Å². The highest BCUT2D eigenvalue weighted by Gasteiger charge is 2.15. The number of rotatable bonds is 7. The highest BCUT2D eigenvalue weighted by atomic mass is 79.9. The van der Waals surface area contributed by atoms with Crippen molar-refractivity contribution in [2.24, 2.45) is 0 Å². The Morgan fingerprint density at radius 2 is 2.25 bits per heavy atom. The molecule has 0 aliphatic heterocycles. The van der Waals surface area contributed by atoms with Crippen LogP contribution in [0.2, 0.25) is 0 Å². The van der Waals surface area contributed by atoms with Crippen molar-refractivity contribution in [1.29, 1.82) is 0 Å². The van der Waals surface area contributed by atoms with Crippen molar-refractivity contribution >= 4 is 43.2 Å². The van der Waals surface area contributed by atoms with Crippen molar-refractivity contribution in [2.75, 3.05) is 20.3 Å². The first kappa shape index (κ1) is 14.6. The summed E-state index contributed by atoms with van der Waals surface area (Å²) in [4.78, 5) is 0. The van der Waals surface area contributed by atoms with Crippen molar-refractivity contribution in [2.45, 2.75) is 25.8 Å². The van der Waals surface area contributed by atoms with E-state index in [-0.39, 0.29) is 0 Å². The van der Waals surface area contributed by atoms with E-state index in [1.807, 2.05) is 0 Å². The summed E-state index contributed by atoms with van der Waals surface area (Å²) in [6.45, 7) is 3.95. The summed E-state index contributed by atoms with van der Waals surface area (Å²) in [7, 11) is 1.75. The van der Waals surface area contributed by atoms with Gasteiger partial charge in [0.1, 0.15) is 0 Å². The summed E-state index contributed by atoms with van der Waals surface area (Å²) in [5.41, 5.74) is 1.34. The summed E-state index contributed by atoms with van der Waals surface area (Å²) in [6.07, 6.45) is 2.18. The Labute approximate surface area is 118 Å². The number of nitrogens with one attached hydrogen (secondary N) is 1. The van der Waals surface area contributed by atoms with E-state index in [1.54, 1.807) is 18.4 Å². The normalized spacial score (nSPS) is 13.0. The molecular weight excluding hydrogens is 354 g/mol. The van der Waals surface area contributed by atoms with Gasteiger partial charge in [0.25, 0.3) is 0 Å². The first-order valence-electron chi connectivity index (χ1n) is 5.36. The van der Waals surface area contributed by atoms with Gasteiger partial charge in [-0.3, -0.25) is 0 Å². The van der Waals surface area contributed by atoms with E-state index < -0.39 is 0 Å². The van der Waals surface area contributed by atoms with Crippen LogP contribution in [0.15, 0.2) is 13.6 Å². The molecule has 0 aromatic carbocycles. The third kappa shape index (κ3) is 4.45. The molecule has 1 aromatic rings.